The number of aliphatic hydroxyl groups excluding tert-OH is 1. The summed E-state index contributed by atoms with van der Waals surface area (Å²) in [5.74, 6) is 1.45. The molecule has 2 aliphatic heterocycles. The summed E-state index contributed by atoms with van der Waals surface area (Å²) < 4.78 is 22.2. The molecule has 4 heterocycles. The number of piperidine rings is 1. The van der Waals surface area contributed by atoms with Gasteiger partial charge in [0, 0.05) is 57.7 Å². The molecule has 174 valence electrons. The number of anilines is 2. The van der Waals surface area contributed by atoms with Crippen molar-refractivity contribution in [3.8, 4) is 22.6 Å². The van der Waals surface area contributed by atoms with Crippen LogP contribution in [0.25, 0.3) is 22.6 Å². The van der Waals surface area contributed by atoms with Crippen molar-refractivity contribution in [2.45, 2.75) is 12.8 Å². The Morgan fingerprint density at radius 1 is 1.03 bits per heavy atom. The summed E-state index contributed by atoms with van der Waals surface area (Å²) in [6.07, 6.45) is 5.45. The van der Waals surface area contributed by atoms with Gasteiger partial charge in [0.1, 0.15) is 11.6 Å². The van der Waals surface area contributed by atoms with E-state index >= 15 is 4.39 Å². The number of halogens is 1. The monoisotopic (exact) mass is 452 g/mol. The van der Waals surface area contributed by atoms with E-state index in [0.29, 0.717) is 55.0 Å². The van der Waals surface area contributed by atoms with Crippen LogP contribution >= 0.6 is 0 Å². The van der Waals surface area contributed by atoms with Gasteiger partial charge in [-0.05, 0) is 30.9 Å². The van der Waals surface area contributed by atoms with Gasteiger partial charge < -0.3 is 19.6 Å². The van der Waals surface area contributed by atoms with Crippen LogP contribution < -0.4 is 9.80 Å². The third-order valence-electron chi connectivity index (χ3n) is 6.47. The topological polar surface area (TPSA) is 79.5 Å². The minimum absolute atomic E-state index is 0.221. The fourth-order valence-electron chi connectivity index (χ4n) is 4.48. The molecule has 0 atom stereocenters. The molecule has 2 aromatic heterocycles. The lowest BCUT2D eigenvalue weighted by atomic mass is 9.98. The van der Waals surface area contributed by atoms with Crippen LogP contribution in [0.1, 0.15) is 12.8 Å². The van der Waals surface area contributed by atoms with E-state index < -0.39 is 0 Å². The second-order valence-corrected chi connectivity index (χ2v) is 8.72. The van der Waals surface area contributed by atoms with Crippen LogP contribution in [0.15, 0.2) is 36.7 Å². The highest BCUT2D eigenvalue weighted by molar-refractivity contribution is 5.69. The van der Waals surface area contributed by atoms with E-state index in [9.17, 15) is 5.11 Å². The van der Waals surface area contributed by atoms with E-state index in [-0.39, 0.29) is 12.4 Å². The first kappa shape index (κ1) is 21.8. The SMILES string of the molecule is Cn1cc(-c2nc(-c3ccc(N4CCOCC4)c(F)c3)cc(N3CCC(CO)CC3)n2)cn1. The molecule has 9 heteroatoms. The van der Waals surface area contributed by atoms with Gasteiger partial charge in [-0.2, -0.15) is 5.10 Å². The largest absolute Gasteiger partial charge is 0.396 e. The first-order valence-electron chi connectivity index (χ1n) is 11.5. The van der Waals surface area contributed by atoms with Crippen molar-refractivity contribution in [2.24, 2.45) is 13.0 Å². The molecule has 2 aliphatic rings. The molecule has 1 N–H and O–H groups in total. The van der Waals surface area contributed by atoms with Gasteiger partial charge >= 0.3 is 0 Å². The number of benzene rings is 1. The van der Waals surface area contributed by atoms with Crippen LogP contribution in [0, 0.1) is 11.7 Å². The van der Waals surface area contributed by atoms with Crippen LogP contribution in [0.4, 0.5) is 15.9 Å². The molecule has 0 amide bonds. The highest BCUT2D eigenvalue weighted by Crippen LogP contribution is 2.31. The fourth-order valence-corrected chi connectivity index (χ4v) is 4.48. The maximum atomic E-state index is 15.1. The summed E-state index contributed by atoms with van der Waals surface area (Å²) in [4.78, 5) is 13.8. The van der Waals surface area contributed by atoms with E-state index in [2.05, 4.69) is 10.00 Å². The lowest BCUT2D eigenvalue weighted by Crippen LogP contribution is -2.36. The highest BCUT2D eigenvalue weighted by atomic mass is 19.1. The van der Waals surface area contributed by atoms with Crippen molar-refractivity contribution < 1.29 is 14.2 Å². The number of aliphatic hydroxyl groups is 1. The lowest BCUT2D eigenvalue weighted by Gasteiger charge is -2.32. The second kappa shape index (κ2) is 9.44. The molecule has 0 aliphatic carbocycles. The molecule has 3 aromatic rings. The average Bonchev–Trinajstić information content (AvgIpc) is 3.30. The zero-order valence-corrected chi connectivity index (χ0v) is 18.8. The van der Waals surface area contributed by atoms with Crippen molar-refractivity contribution in [1.29, 1.82) is 0 Å². The van der Waals surface area contributed by atoms with Crippen molar-refractivity contribution in [2.75, 3.05) is 55.8 Å². The number of morpholine rings is 1. The summed E-state index contributed by atoms with van der Waals surface area (Å²) in [5, 5.41) is 13.7. The predicted molar refractivity (Wildman–Crippen MR) is 125 cm³/mol. The minimum Gasteiger partial charge on any atom is -0.396 e. The number of rotatable bonds is 5. The van der Waals surface area contributed by atoms with Crippen LogP contribution in [0.3, 0.4) is 0 Å². The fraction of sp³-hybridized carbons (Fsp3) is 0.458. The van der Waals surface area contributed by atoms with Gasteiger partial charge in [-0.1, -0.05) is 6.07 Å². The molecule has 0 radical (unpaired) electrons. The normalized spacial score (nSPS) is 17.5. The van der Waals surface area contributed by atoms with Gasteiger partial charge in [-0.15, -0.1) is 0 Å². The quantitative estimate of drug-likeness (QED) is 0.638. The predicted octanol–water partition coefficient (Wildman–Crippen LogP) is 2.73. The molecule has 0 bridgehead atoms. The van der Waals surface area contributed by atoms with Crippen LogP contribution in [0.5, 0.6) is 0 Å². The number of hydrogen-bond acceptors (Lipinski definition) is 7. The average molecular weight is 453 g/mol. The molecule has 0 saturated carbocycles. The smallest absolute Gasteiger partial charge is 0.165 e. The summed E-state index contributed by atoms with van der Waals surface area (Å²) in [6.45, 7) is 4.44. The first-order chi connectivity index (χ1) is 16.1. The Kier molecular flexibility index (Phi) is 6.24. The van der Waals surface area contributed by atoms with Gasteiger partial charge in [-0.3, -0.25) is 4.68 Å². The van der Waals surface area contributed by atoms with Crippen molar-refractivity contribution >= 4 is 11.5 Å². The zero-order chi connectivity index (χ0) is 22.8. The Balaban J connectivity index is 1.50. The Morgan fingerprint density at radius 2 is 1.82 bits per heavy atom. The molecule has 8 nitrogen and oxygen atoms in total. The first-order valence-corrected chi connectivity index (χ1v) is 11.5. The van der Waals surface area contributed by atoms with E-state index in [4.69, 9.17) is 14.7 Å². The molecule has 2 saturated heterocycles. The molecule has 33 heavy (non-hydrogen) atoms. The minimum atomic E-state index is -0.263. The van der Waals surface area contributed by atoms with Crippen LogP contribution in [-0.4, -0.2) is 70.9 Å². The van der Waals surface area contributed by atoms with Gasteiger partial charge in [-0.25, -0.2) is 14.4 Å². The van der Waals surface area contributed by atoms with E-state index in [1.165, 1.54) is 0 Å². The molecular formula is C24H29FN6O2. The number of hydrogen-bond donors (Lipinski definition) is 1. The Labute approximate surface area is 192 Å². The maximum Gasteiger partial charge on any atom is 0.165 e. The Hall–Kier alpha value is -3.04. The van der Waals surface area contributed by atoms with Crippen molar-refractivity contribution in [3.63, 3.8) is 0 Å². The standard InChI is InChI=1S/C24H29FN6O2/c1-29-15-19(14-26-29)24-27-21(13-23(28-24)31-6-4-17(16-32)5-7-31)18-2-3-22(20(25)12-18)30-8-10-33-11-9-30/h2-3,12-15,17,32H,4-11,16H2,1H3. The zero-order valence-electron chi connectivity index (χ0n) is 18.8. The third kappa shape index (κ3) is 4.69. The van der Waals surface area contributed by atoms with Gasteiger partial charge in [0.15, 0.2) is 5.82 Å². The molecule has 0 unspecified atom stereocenters. The second-order valence-electron chi connectivity index (χ2n) is 8.72. The molecule has 2 fully saturated rings. The summed E-state index contributed by atoms with van der Waals surface area (Å²) in [6, 6.07) is 7.24. The van der Waals surface area contributed by atoms with Crippen molar-refractivity contribution in [1.82, 2.24) is 19.7 Å². The lowest BCUT2D eigenvalue weighted by molar-refractivity contribution is 0.122. The van der Waals surface area contributed by atoms with Crippen molar-refractivity contribution in [3.05, 3.63) is 42.5 Å². The van der Waals surface area contributed by atoms with Crippen LogP contribution in [-0.2, 0) is 11.8 Å². The number of nitrogens with zero attached hydrogens (tertiary/aromatic N) is 6. The Bertz CT molecular complexity index is 1110. The van der Waals surface area contributed by atoms with Gasteiger partial charge in [0.25, 0.3) is 0 Å². The summed E-state index contributed by atoms with van der Waals surface area (Å²) in [5.41, 5.74) is 2.80. The molecule has 0 spiro atoms. The third-order valence-corrected chi connectivity index (χ3v) is 6.47. The van der Waals surface area contributed by atoms with Crippen LogP contribution in [0.2, 0.25) is 0 Å². The molecule has 5 rings (SSSR count). The maximum absolute atomic E-state index is 15.1. The summed E-state index contributed by atoms with van der Waals surface area (Å²) >= 11 is 0. The van der Waals surface area contributed by atoms with E-state index in [1.54, 1.807) is 16.9 Å². The molecule has 1 aromatic carbocycles. The van der Waals surface area contributed by atoms with Gasteiger partial charge in [0.2, 0.25) is 0 Å². The van der Waals surface area contributed by atoms with E-state index in [0.717, 1.165) is 37.3 Å². The highest BCUT2D eigenvalue weighted by Gasteiger charge is 2.22. The number of aromatic nitrogens is 4. The van der Waals surface area contributed by atoms with Gasteiger partial charge in [0.05, 0.1) is 36.4 Å². The van der Waals surface area contributed by atoms with E-state index in [1.807, 2.05) is 36.3 Å². The number of aryl methyl sites for hydroxylation is 1. The summed E-state index contributed by atoms with van der Waals surface area (Å²) in [7, 11) is 1.85. The Morgan fingerprint density at radius 3 is 2.48 bits per heavy atom. The molecular weight excluding hydrogens is 423 g/mol. The number of ether oxygens (including phenoxy) is 1.